The number of amides is 1. The van der Waals surface area contributed by atoms with Crippen LogP contribution in [-0.2, 0) is 36.9 Å². The summed E-state index contributed by atoms with van der Waals surface area (Å²) in [6.45, 7) is 8.72. The third-order valence-corrected chi connectivity index (χ3v) is 7.99. The third-order valence-electron chi connectivity index (χ3n) is 7.99. The highest BCUT2D eigenvalue weighted by atomic mass is 16.1. The maximum absolute atomic E-state index is 12.8. The molecule has 0 radical (unpaired) electrons. The standard InChI is InChI=1S/C38H45NO2/c1-5-29-9-11-33(12-10-29)27-37(41)39-38(4)23-21-34(22-24-38)25-31-13-15-32(16-14-31)26-36(40)35-19-17-30(18-20-35)8-6-7-28(2)3/h9-23,28H,5-8,24-27H2,1-4H3,(H,39,41). The molecule has 4 rings (SSSR count). The van der Waals surface area contributed by atoms with Crippen LogP contribution in [0.2, 0.25) is 0 Å². The monoisotopic (exact) mass is 547 g/mol. The number of ketones is 1. The van der Waals surface area contributed by atoms with Crippen LogP contribution in [0.25, 0.3) is 0 Å². The van der Waals surface area contributed by atoms with Gasteiger partial charge in [-0.3, -0.25) is 9.59 Å². The smallest absolute Gasteiger partial charge is 0.225 e. The van der Waals surface area contributed by atoms with E-state index in [1.807, 2.05) is 24.3 Å². The molecule has 1 aliphatic rings. The third kappa shape index (κ3) is 9.42. The second kappa shape index (κ2) is 14.3. The SMILES string of the molecule is CCc1ccc(CC(=O)NC2(C)C=CC(Cc3ccc(CC(=O)c4ccc(CCCC(C)C)cc4)cc3)=CC2)cc1. The van der Waals surface area contributed by atoms with Crippen LogP contribution in [0.4, 0.5) is 0 Å². The van der Waals surface area contributed by atoms with Crippen molar-refractivity contribution in [3.8, 4) is 0 Å². The minimum absolute atomic E-state index is 0.0426. The molecule has 0 aromatic heterocycles. The fraction of sp³-hybridized carbons (Fsp3) is 0.368. The normalized spacial score (nSPS) is 16.5. The lowest BCUT2D eigenvalue weighted by Gasteiger charge is -2.29. The van der Waals surface area contributed by atoms with Crippen LogP contribution in [0.3, 0.4) is 0 Å². The number of nitrogens with one attached hydrogen (secondary N) is 1. The van der Waals surface area contributed by atoms with Crippen LogP contribution >= 0.6 is 0 Å². The van der Waals surface area contributed by atoms with Crippen molar-refractivity contribution in [1.82, 2.24) is 5.32 Å². The van der Waals surface area contributed by atoms with Crippen molar-refractivity contribution in [3.05, 3.63) is 130 Å². The summed E-state index contributed by atoms with van der Waals surface area (Å²) in [5.41, 5.74) is 7.52. The number of carbonyl (C=O) groups is 2. The van der Waals surface area contributed by atoms with Gasteiger partial charge in [0.2, 0.25) is 5.91 Å². The molecule has 1 unspecified atom stereocenters. The Labute approximate surface area is 246 Å². The number of aryl methyl sites for hydroxylation is 2. The van der Waals surface area contributed by atoms with Gasteiger partial charge in [0.15, 0.2) is 5.78 Å². The van der Waals surface area contributed by atoms with Crippen LogP contribution in [0, 0.1) is 5.92 Å². The Hall–Kier alpha value is -3.72. The number of allylic oxidation sites excluding steroid dienone is 2. The predicted molar refractivity (Wildman–Crippen MR) is 170 cm³/mol. The number of rotatable bonds is 13. The number of hydrogen-bond acceptors (Lipinski definition) is 2. The minimum atomic E-state index is -0.375. The summed E-state index contributed by atoms with van der Waals surface area (Å²) in [6.07, 6.45) is 13.4. The van der Waals surface area contributed by atoms with E-state index in [0.29, 0.717) is 12.8 Å². The maximum atomic E-state index is 12.8. The molecule has 1 amide bonds. The fourth-order valence-corrected chi connectivity index (χ4v) is 5.30. The molecule has 0 heterocycles. The number of carbonyl (C=O) groups excluding carboxylic acids is 2. The van der Waals surface area contributed by atoms with Crippen LogP contribution in [0.1, 0.15) is 85.1 Å². The average Bonchev–Trinajstić information content (AvgIpc) is 2.96. The molecule has 1 atom stereocenters. The lowest BCUT2D eigenvalue weighted by Crippen LogP contribution is -2.45. The molecule has 41 heavy (non-hydrogen) atoms. The molecule has 0 spiro atoms. The van der Waals surface area contributed by atoms with E-state index in [2.05, 4.69) is 99.8 Å². The van der Waals surface area contributed by atoms with Gasteiger partial charge >= 0.3 is 0 Å². The van der Waals surface area contributed by atoms with Crippen LogP contribution in [0.5, 0.6) is 0 Å². The van der Waals surface area contributed by atoms with E-state index in [0.717, 1.165) is 48.3 Å². The van der Waals surface area contributed by atoms with Gasteiger partial charge in [0.05, 0.1) is 12.0 Å². The molecule has 3 aromatic rings. The Kier molecular flexibility index (Phi) is 10.5. The van der Waals surface area contributed by atoms with E-state index in [1.165, 1.54) is 35.1 Å². The zero-order valence-electron chi connectivity index (χ0n) is 25.2. The first-order chi connectivity index (χ1) is 19.7. The van der Waals surface area contributed by atoms with Gasteiger partial charge < -0.3 is 5.32 Å². The van der Waals surface area contributed by atoms with E-state index in [9.17, 15) is 9.59 Å². The zero-order chi connectivity index (χ0) is 29.2. The van der Waals surface area contributed by atoms with Gasteiger partial charge in [-0.05, 0) is 78.3 Å². The second-order valence-electron chi connectivity index (χ2n) is 12.2. The van der Waals surface area contributed by atoms with Crippen molar-refractivity contribution < 1.29 is 9.59 Å². The molecule has 0 saturated heterocycles. The molecule has 1 N–H and O–H groups in total. The van der Waals surface area contributed by atoms with E-state index < -0.39 is 0 Å². The fourth-order valence-electron chi connectivity index (χ4n) is 5.30. The van der Waals surface area contributed by atoms with Gasteiger partial charge in [0.1, 0.15) is 0 Å². The first-order valence-corrected chi connectivity index (χ1v) is 15.2. The van der Waals surface area contributed by atoms with Gasteiger partial charge in [0.25, 0.3) is 0 Å². The molecular formula is C38H45NO2. The van der Waals surface area contributed by atoms with Crippen molar-refractivity contribution >= 4 is 11.7 Å². The molecule has 0 fully saturated rings. The summed E-state index contributed by atoms with van der Waals surface area (Å²) < 4.78 is 0. The Bertz CT molecular complexity index is 1360. The number of Topliss-reactive ketones (excluding diaryl/α,β-unsaturated/α-hetero) is 1. The highest BCUT2D eigenvalue weighted by molar-refractivity contribution is 5.97. The first kappa shape index (κ1) is 30.2. The van der Waals surface area contributed by atoms with Crippen LogP contribution in [0.15, 0.2) is 96.6 Å². The molecule has 0 saturated carbocycles. The molecule has 0 aliphatic heterocycles. The molecule has 3 heteroatoms. The first-order valence-electron chi connectivity index (χ1n) is 15.2. The summed E-state index contributed by atoms with van der Waals surface area (Å²) in [5, 5.41) is 3.21. The van der Waals surface area contributed by atoms with Gasteiger partial charge in [-0.15, -0.1) is 0 Å². The Morgan fingerprint density at radius 3 is 1.98 bits per heavy atom. The Morgan fingerprint density at radius 1 is 0.805 bits per heavy atom. The number of hydrogen-bond donors (Lipinski definition) is 1. The molecule has 1 aliphatic carbocycles. The summed E-state index contributed by atoms with van der Waals surface area (Å²) in [4.78, 5) is 25.5. The molecule has 3 aromatic carbocycles. The van der Waals surface area contributed by atoms with Gasteiger partial charge in [-0.2, -0.15) is 0 Å². The highest BCUT2D eigenvalue weighted by Crippen LogP contribution is 2.24. The van der Waals surface area contributed by atoms with Crippen molar-refractivity contribution in [2.75, 3.05) is 0 Å². The van der Waals surface area contributed by atoms with Crippen molar-refractivity contribution in [1.29, 1.82) is 0 Å². The average molecular weight is 548 g/mol. The van der Waals surface area contributed by atoms with Gasteiger partial charge in [-0.25, -0.2) is 0 Å². The predicted octanol–water partition coefficient (Wildman–Crippen LogP) is 8.20. The van der Waals surface area contributed by atoms with E-state index in [4.69, 9.17) is 0 Å². The summed E-state index contributed by atoms with van der Waals surface area (Å²) in [6, 6.07) is 24.8. The topological polar surface area (TPSA) is 46.2 Å². The van der Waals surface area contributed by atoms with E-state index >= 15 is 0 Å². The minimum Gasteiger partial charge on any atom is -0.347 e. The van der Waals surface area contributed by atoms with Crippen molar-refractivity contribution in [2.24, 2.45) is 5.92 Å². The quantitative estimate of drug-likeness (QED) is 0.219. The summed E-state index contributed by atoms with van der Waals surface area (Å²) in [7, 11) is 0. The molecule has 3 nitrogen and oxygen atoms in total. The van der Waals surface area contributed by atoms with Crippen LogP contribution in [-0.4, -0.2) is 17.2 Å². The molecular weight excluding hydrogens is 502 g/mol. The second-order valence-corrected chi connectivity index (χ2v) is 12.2. The summed E-state index contributed by atoms with van der Waals surface area (Å²) in [5.74, 6) is 0.928. The van der Waals surface area contributed by atoms with E-state index in [1.54, 1.807) is 0 Å². The van der Waals surface area contributed by atoms with Gasteiger partial charge in [-0.1, -0.05) is 118 Å². The molecule has 0 bridgehead atoms. The Balaban J connectivity index is 1.24. The van der Waals surface area contributed by atoms with Crippen LogP contribution < -0.4 is 5.32 Å². The highest BCUT2D eigenvalue weighted by Gasteiger charge is 2.24. The maximum Gasteiger partial charge on any atom is 0.225 e. The van der Waals surface area contributed by atoms with Crippen molar-refractivity contribution in [3.63, 3.8) is 0 Å². The van der Waals surface area contributed by atoms with Crippen molar-refractivity contribution in [2.45, 2.75) is 84.6 Å². The van der Waals surface area contributed by atoms with Gasteiger partial charge in [0, 0.05) is 12.0 Å². The number of benzene rings is 3. The lowest BCUT2D eigenvalue weighted by atomic mass is 9.88. The largest absolute Gasteiger partial charge is 0.347 e. The molecule has 214 valence electrons. The lowest BCUT2D eigenvalue weighted by molar-refractivity contribution is -0.121. The van der Waals surface area contributed by atoms with E-state index in [-0.39, 0.29) is 17.2 Å². The Morgan fingerprint density at radius 2 is 1.39 bits per heavy atom. The zero-order valence-corrected chi connectivity index (χ0v) is 25.2. The summed E-state index contributed by atoms with van der Waals surface area (Å²) >= 11 is 0.